The van der Waals surface area contributed by atoms with E-state index in [1.807, 2.05) is 6.92 Å². The highest BCUT2D eigenvalue weighted by atomic mass is 19.3. The van der Waals surface area contributed by atoms with Crippen molar-refractivity contribution in [3.05, 3.63) is 48.0 Å². The molecule has 0 aliphatic rings. The lowest BCUT2D eigenvalue weighted by Gasteiger charge is -2.15. The Balaban J connectivity index is 1.99. The Kier molecular flexibility index (Phi) is 7.76. The molecule has 2 aromatic carbocycles. The summed E-state index contributed by atoms with van der Waals surface area (Å²) in [6, 6.07) is 10.3. The van der Waals surface area contributed by atoms with Crippen LogP contribution >= 0.6 is 0 Å². The number of hydrogen-bond acceptors (Lipinski definition) is 6. The van der Waals surface area contributed by atoms with E-state index in [2.05, 4.69) is 10.1 Å². The van der Waals surface area contributed by atoms with E-state index in [-0.39, 0.29) is 17.1 Å². The Morgan fingerprint density at radius 2 is 1.76 bits per heavy atom. The molecule has 0 radical (unpaired) electrons. The van der Waals surface area contributed by atoms with Crippen molar-refractivity contribution in [3.63, 3.8) is 0 Å². The number of carbonyl (C=O) groups is 2. The molecule has 0 spiro atoms. The fourth-order valence-electron chi connectivity index (χ4n) is 2.32. The summed E-state index contributed by atoms with van der Waals surface area (Å²) in [5.74, 6) is -0.974. The number of rotatable bonds is 9. The molecule has 1 amide bonds. The van der Waals surface area contributed by atoms with Crippen molar-refractivity contribution in [2.24, 2.45) is 0 Å². The van der Waals surface area contributed by atoms with Gasteiger partial charge in [0.05, 0.1) is 19.3 Å². The lowest BCUT2D eigenvalue weighted by atomic mass is 10.2. The molecule has 9 heteroatoms. The highest BCUT2D eigenvalue weighted by Crippen LogP contribution is 2.29. The summed E-state index contributed by atoms with van der Waals surface area (Å²) in [4.78, 5) is 24.5. The van der Waals surface area contributed by atoms with Gasteiger partial charge in [0.25, 0.3) is 5.91 Å². The Bertz CT molecular complexity index is 841. The summed E-state index contributed by atoms with van der Waals surface area (Å²) in [5.41, 5.74) is 0.528. The fourth-order valence-corrected chi connectivity index (χ4v) is 2.32. The standard InChI is InChI=1S/C20H21F2NO6/c1-4-27-15-8-6-14(7-9-15)23-18(24)12(2)28-19(25)13-5-10-16(29-20(21)22)17(11-13)26-3/h5-12,20H,4H2,1-3H3,(H,23,24). The largest absolute Gasteiger partial charge is 0.494 e. The molecule has 0 heterocycles. The van der Waals surface area contributed by atoms with Crippen LogP contribution in [0.25, 0.3) is 0 Å². The lowest BCUT2D eigenvalue weighted by molar-refractivity contribution is -0.123. The molecular formula is C20H21F2NO6. The topological polar surface area (TPSA) is 83.1 Å². The molecule has 1 N–H and O–H groups in total. The van der Waals surface area contributed by atoms with E-state index in [9.17, 15) is 18.4 Å². The van der Waals surface area contributed by atoms with Gasteiger partial charge >= 0.3 is 12.6 Å². The summed E-state index contributed by atoms with van der Waals surface area (Å²) in [5, 5.41) is 2.62. The summed E-state index contributed by atoms with van der Waals surface area (Å²) in [6.45, 7) is 0.764. The van der Waals surface area contributed by atoms with Gasteiger partial charge in [-0.05, 0) is 56.3 Å². The van der Waals surface area contributed by atoms with Gasteiger partial charge in [0.2, 0.25) is 0 Å². The first-order chi connectivity index (χ1) is 13.8. The van der Waals surface area contributed by atoms with Gasteiger partial charge in [0, 0.05) is 5.69 Å². The molecular weight excluding hydrogens is 388 g/mol. The molecule has 0 saturated carbocycles. The first-order valence-electron chi connectivity index (χ1n) is 8.71. The average Bonchev–Trinajstić information content (AvgIpc) is 2.69. The Labute approximate surface area is 166 Å². The van der Waals surface area contributed by atoms with Crippen molar-refractivity contribution >= 4 is 17.6 Å². The molecule has 0 aromatic heterocycles. The second-order valence-electron chi connectivity index (χ2n) is 5.74. The molecule has 7 nitrogen and oxygen atoms in total. The van der Waals surface area contributed by atoms with Gasteiger partial charge < -0.3 is 24.3 Å². The molecule has 1 unspecified atom stereocenters. The van der Waals surface area contributed by atoms with E-state index in [1.165, 1.54) is 26.2 Å². The molecule has 0 saturated heterocycles. The average molecular weight is 409 g/mol. The van der Waals surface area contributed by atoms with Crippen LogP contribution in [0.3, 0.4) is 0 Å². The number of halogens is 2. The Hall–Kier alpha value is -3.36. The summed E-state index contributed by atoms with van der Waals surface area (Å²) in [6.07, 6.45) is -1.10. The highest BCUT2D eigenvalue weighted by Gasteiger charge is 2.21. The number of benzene rings is 2. The number of ether oxygens (including phenoxy) is 4. The summed E-state index contributed by atoms with van der Waals surface area (Å²) >= 11 is 0. The minimum atomic E-state index is -3.03. The van der Waals surface area contributed by atoms with Crippen LogP contribution in [0, 0.1) is 0 Å². The van der Waals surface area contributed by atoms with Crippen LogP contribution in [0.2, 0.25) is 0 Å². The van der Waals surface area contributed by atoms with Crippen LogP contribution in [0.15, 0.2) is 42.5 Å². The number of carbonyl (C=O) groups excluding carboxylic acids is 2. The van der Waals surface area contributed by atoms with Crippen molar-refractivity contribution in [1.29, 1.82) is 0 Å². The zero-order valence-electron chi connectivity index (χ0n) is 16.1. The van der Waals surface area contributed by atoms with Crippen molar-refractivity contribution in [2.75, 3.05) is 19.0 Å². The quantitative estimate of drug-likeness (QED) is 0.633. The number of nitrogens with one attached hydrogen (secondary N) is 1. The number of anilines is 1. The van der Waals surface area contributed by atoms with E-state index in [1.54, 1.807) is 24.3 Å². The minimum Gasteiger partial charge on any atom is -0.494 e. The summed E-state index contributed by atoms with van der Waals surface area (Å²) < 4.78 is 44.4. The molecule has 1 atom stereocenters. The van der Waals surface area contributed by atoms with Crippen LogP contribution in [0.1, 0.15) is 24.2 Å². The fraction of sp³-hybridized carbons (Fsp3) is 0.300. The lowest BCUT2D eigenvalue weighted by Crippen LogP contribution is -2.30. The van der Waals surface area contributed by atoms with Gasteiger partial charge in [-0.3, -0.25) is 4.79 Å². The third kappa shape index (κ3) is 6.34. The highest BCUT2D eigenvalue weighted by molar-refractivity contribution is 5.97. The molecule has 0 aliphatic heterocycles. The van der Waals surface area contributed by atoms with Crippen LogP contribution in [-0.4, -0.2) is 38.3 Å². The summed E-state index contributed by atoms with van der Waals surface area (Å²) in [7, 11) is 1.25. The van der Waals surface area contributed by atoms with Gasteiger partial charge in [0.15, 0.2) is 17.6 Å². The van der Waals surface area contributed by atoms with E-state index < -0.39 is 24.6 Å². The SMILES string of the molecule is CCOc1ccc(NC(=O)C(C)OC(=O)c2ccc(OC(F)F)c(OC)c2)cc1. The first-order valence-corrected chi connectivity index (χ1v) is 8.71. The number of hydrogen-bond donors (Lipinski definition) is 1. The van der Waals surface area contributed by atoms with Gasteiger partial charge in [-0.15, -0.1) is 0 Å². The van der Waals surface area contributed by atoms with Crippen LogP contribution in [-0.2, 0) is 9.53 Å². The first kappa shape index (κ1) is 21.9. The van der Waals surface area contributed by atoms with Crippen molar-refractivity contribution < 1.29 is 37.3 Å². The Morgan fingerprint density at radius 3 is 2.34 bits per heavy atom. The maximum absolute atomic E-state index is 12.4. The molecule has 29 heavy (non-hydrogen) atoms. The number of methoxy groups -OCH3 is 1. The Morgan fingerprint density at radius 1 is 1.07 bits per heavy atom. The zero-order chi connectivity index (χ0) is 21.4. The normalized spacial score (nSPS) is 11.5. The molecule has 0 bridgehead atoms. The van der Waals surface area contributed by atoms with Gasteiger partial charge in [-0.25, -0.2) is 4.79 Å². The predicted molar refractivity (Wildman–Crippen MR) is 101 cm³/mol. The zero-order valence-corrected chi connectivity index (χ0v) is 16.1. The number of amides is 1. The molecule has 2 rings (SSSR count). The van der Waals surface area contributed by atoms with Gasteiger partial charge in [0.1, 0.15) is 5.75 Å². The van der Waals surface area contributed by atoms with Crippen molar-refractivity contribution in [3.8, 4) is 17.2 Å². The smallest absolute Gasteiger partial charge is 0.387 e. The third-order valence-electron chi connectivity index (χ3n) is 3.70. The molecule has 2 aromatic rings. The van der Waals surface area contributed by atoms with Crippen LogP contribution in [0.4, 0.5) is 14.5 Å². The molecule has 0 aliphatic carbocycles. The molecule has 0 fully saturated rings. The van der Waals surface area contributed by atoms with E-state index in [4.69, 9.17) is 14.2 Å². The van der Waals surface area contributed by atoms with Gasteiger partial charge in [-0.1, -0.05) is 0 Å². The third-order valence-corrected chi connectivity index (χ3v) is 3.70. The second kappa shape index (κ2) is 10.3. The predicted octanol–water partition coefficient (Wildman–Crippen LogP) is 3.88. The number of alkyl halides is 2. The van der Waals surface area contributed by atoms with E-state index in [0.29, 0.717) is 18.0 Å². The van der Waals surface area contributed by atoms with E-state index >= 15 is 0 Å². The maximum Gasteiger partial charge on any atom is 0.387 e. The van der Waals surface area contributed by atoms with Crippen molar-refractivity contribution in [2.45, 2.75) is 26.6 Å². The van der Waals surface area contributed by atoms with E-state index in [0.717, 1.165) is 6.07 Å². The van der Waals surface area contributed by atoms with Crippen LogP contribution < -0.4 is 19.5 Å². The maximum atomic E-state index is 12.4. The van der Waals surface area contributed by atoms with Crippen molar-refractivity contribution in [1.82, 2.24) is 0 Å². The van der Waals surface area contributed by atoms with Crippen LogP contribution in [0.5, 0.6) is 17.2 Å². The molecule has 156 valence electrons. The minimum absolute atomic E-state index is 0.0178. The monoisotopic (exact) mass is 409 g/mol. The van der Waals surface area contributed by atoms with Gasteiger partial charge in [-0.2, -0.15) is 8.78 Å². The number of esters is 1. The second-order valence-corrected chi connectivity index (χ2v) is 5.74.